The molecule has 0 amide bonds. The summed E-state index contributed by atoms with van der Waals surface area (Å²) in [5.41, 5.74) is 6.68. The van der Waals surface area contributed by atoms with E-state index in [2.05, 4.69) is 60.7 Å². The Bertz CT molecular complexity index is 873. The van der Waals surface area contributed by atoms with Crippen molar-refractivity contribution in [1.82, 2.24) is 4.57 Å². The highest BCUT2D eigenvalue weighted by Gasteiger charge is 2.11. The number of para-hydroxylation sites is 1. The summed E-state index contributed by atoms with van der Waals surface area (Å²) in [6, 6.07) is 16.8. The molecule has 0 aliphatic heterocycles. The van der Waals surface area contributed by atoms with Gasteiger partial charge in [-0.2, -0.15) is 0 Å². The zero-order valence-corrected chi connectivity index (χ0v) is 14.3. The Morgan fingerprint density at radius 2 is 1.75 bits per heavy atom. The molecule has 2 aromatic carbocycles. The van der Waals surface area contributed by atoms with Crippen LogP contribution < -0.4 is 0 Å². The van der Waals surface area contributed by atoms with Crippen molar-refractivity contribution < 1.29 is 4.39 Å². The number of benzene rings is 2. The van der Waals surface area contributed by atoms with E-state index in [9.17, 15) is 4.39 Å². The van der Waals surface area contributed by atoms with Crippen molar-refractivity contribution in [1.29, 1.82) is 0 Å². The maximum Gasteiger partial charge on any atom is 0.123 e. The molecule has 0 saturated heterocycles. The van der Waals surface area contributed by atoms with Gasteiger partial charge in [-0.05, 0) is 62.2 Å². The summed E-state index contributed by atoms with van der Waals surface area (Å²) in [6.07, 6.45) is 2.84. The van der Waals surface area contributed by atoms with Crippen molar-refractivity contribution in [2.45, 2.75) is 27.2 Å². The number of aliphatic imine (C=N–C) groups is 1. The number of aryl methyl sites for hydroxylation is 2. The van der Waals surface area contributed by atoms with Crippen LogP contribution in [0, 0.1) is 19.7 Å². The molecule has 0 atom stereocenters. The molecule has 0 bridgehead atoms. The first-order valence-electron chi connectivity index (χ1n) is 8.17. The molecule has 0 fully saturated rings. The molecule has 122 valence electrons. The molecular weight excluding hydrogens is 299 g/mol. The number of aromatic nitrogens is 1. The second-order valence-corrected chi connectivity index (χ2v) is 5.88. The Morgan fingerprint density at radius 3 is 2.46 bits per heavy atom. The minimum absolute atomic E-state index is 0.247. The van der Waals surface area contributed by atoms with Crippen LogP contribution in [0.4, 0.5) is 10.1 Å². The summed E-state index contributed by atoms with van der Waals surface area (Å²) in [5, 5.41) is 0. The van der Waals surface area contributed by atoms with Crippen LogP contribution >= 0.6 is 0 Å². The zero-order chi connectivity index (χ0) is 17.1. The van der Waals surface area contributed by atoms with E-state index in [4.69, 9.17) is 0 Å². The van der Waals surface area contributed by atoms with Gasteiger partial charge in [-0.3, -0.25) is 4.99 Å². The van der Waals surface area contributed by atoms with Crippen LogP contribution in [0.15, 0.2) is 59.6 Å². The maximum absolute atomic E-state index is 13.0. The van der Waals surface area contributed by atoms with E-state index in [1.165, 1.54) is 29.1 Å². The van der Waals surface area contributed by atoms with Crippen LogP contribution in [-0.2, 0) is 6.42 Å². The summed E-state index contributed by atoms with van der Waals surface area (Å²) in [6.45, 7) is 6.38. The van der Waals surface area contributed by atoms with Gasteiger partial charge >= 0.3 is 0 Å². The van der Waals surface area contributed by atoms with Crippen LogP contribution in [0.1, 0.15) is 29.4 Å². The van der Waals surface area contributed by atoms with Crippen LogP contribution in [-0.4, -0.2) is 10.8 Å². The molecule has 0 unspecified atom stereocenters. The van der Waals surface area contributed by atoms with Gasteiger partial charge in [0.25, 0.3) is 0 Å². The van der Waals surface area contributed by atoms with Crippen molar-refractivity contribution in [3.05, 3.63) is 82.9 Å². The third-order valence-corrected chi connectivity index (χ3v) is 4.26. The second kappa shape index (κ2) is 6.83. The lowest BCUT2D eigenvalue weighted by Gasteiger charge is -2.13. The summed E-state index contributed by atoms with van der Waals surface area (Å²) in [7, 11) is 0. The Hall–Kier alpha value is -2.68. The smallest absolute Gasteiger partial charge is 0.123 e. The van der Waals surface area contributed by atoms with Crippen LogP contribution in [0.5, 0.6) is 0 Å². The van der Waals surface area contributed by atoms with Gasteiger partial charge in [-0.15, -0.1) is 0 Å². The minimum Gasteiger partial charge on any atom is -0.318 e. The Morgan fingerprint density at radius 1 is 1.04 bits per heavy atom. The first-order valence-corrected chi connectivity index (χ1v) is 8.17. The number of hydrogen-bond acceptors (Lipinski definition) is 1. The summed E-state index contributed by atoms with van der Waals surface area (Å²) in [5.74, 6) is -0.247. The third kappa shape index (κ3) is 3.16. The predicted octanol–water partition coefficient (Wildman–Crippen LogP) is 5.55. The van der Waals surface area contributed by atoms with E-state index in [0.29, 0.717) is 0 Å². The van der Waals surface area contributed by atoms with E-state index in [1.807, 2.05) is 6.21 Å². The standard InChI is InChI=1S/C21H21FN2/c1-4-17-7-5-6-8-21(17)24-15(2)13-18(16(24)3)14-23-20-11-9-19(22)10-12-20/h5-14H,4H2,1-3H3. The molecule has 1 heterocycles. The molecule has 0 spiro atoms. The number of hydrogen-bond donors (Lipinski definition) is 0. The van der Waals surface area contributed by atoms with Gasteiger partial charge in [0.15, 0.2) is 0 Å². The highest BCUT2D eigenvalue weighted by Crippen LogP contribution is 2.23. The van der Waals surface area contributed by atoms with Crippen LogP contribution in [0.3, 0.4) is 0 Å². The van der Waals surface area contributed by atoms with Gasteiger partial charge in [-0.1, -0.05) is 25.1 Å². The van der Waals surface area contributed by atoms with E-state index < -0.39 is 0 Å². The summed E-state index contributed by atoms with van der Waals surface area (Å²) >= 11 is 0. The van der Waals surface area contributed by atoms with E-state index in [0.717, 1.165) is 23.4 Å². The predicted molar refractivity (Wildman–Crippen MR) is 98.3 cm³/mol. The summed E-state index contributed by atoms with van der Waals surface area (Å²) < 4.78 is 15.2. The average molecular weight is 320 g/mol. The topological polar surface area (TPSA) is 17.3 Å². The molecule has 0 N–H and O–H groups in total. The first-order chi connectivity index (χ1) is 11.6. The SMILES string of the molecule is CCc1ccccc1-n1c(C)cc(C=Nc2ccc(F)cc2)c1C. The lowest BCUT2D eigenvalue weighted by atomic mass is 10.1. The Kier molecular flexibility index (Phi) is 4.61. The highest BCUT2D eigenvalue weighted by atomic mass is 19.1. The van der Waals surface area contributed by atoms with E-state index >= 15 is 0 Å². The molecular formula is C21H21FN2. The van der Waals surface area contributed by atoms with Crippen LogP contribution in [0.25, 0.3) is 5.69 Å². The monoisotopic (exact) mass is 320 g/mol. The molecule has 1 aromatic heterocycles. The fourth-order valence-electron chi connectivity index (χ4n) is 2.99. The minimum atomic E-state index is -0.247. The normalized spacial score (nSPS) is 11.3. The van der Waals surface area contributed by atoms with Gasteiger partial charge in [-0.25, -0.2) is 4.39 Å². The lowest BCUT2D eigenvalue weighted by Crippen LogP contribution is -2.03. The zero-order valence-electron chi connectivity index (χ0n) is 14.3. The molecule has 2 nitrogen and oxygen atoms in total. The Labute approximate surface area is 142 Å². The van der Waals surface area contributed by atoms with Gasteiger partial charge in [0.05, 0.1) is 5.69 Å². The van der Waals surface area contributed by atoms with Crippen molar-refractivity contribution in [3.63, 3.8) is 0 Å². The van der Waals surface area contributed by atoms with Gasteiger partial charge in [0, 0.05) is 28.9 Å². The third-order valence-electron chi connectivity index (χ3n) is 4.26. The van der Waals surface area contributed by atoms with Crippen molar-refractivity contribution in [2.24, 2.45) is 4.99 Å². The van der Waals surface area contributed by atoms with Crippen molar-refractivity contribution in [3.8, 4) is 5.69 Å². The van der Waals surface area contributed by atoms with Crippen LogP contribution in [0.2, 0.25) is 0 Å². The van der Waals surface area contributed by atoms with E-state index in [1.54, 1.807) is 12.1 Å². The number of halogens is 1. The molecule has 0 aliphatic carbocycles. The Balaban J connectivity index is 1.99. The quantitative estimate of drug-likeness (QED) is 0.561. The average Bonchev–Trinajstić information content (AvgIpc) is 2.88. The molecule has 0 saturated carbocycles. The molecule has 3 rings (SSSR count). The second-order valence-electron chi connectivity index (χ2n) is 5.88. The number of rotatable bonds is 4. The van der Waals surface area contributed by atoms with Gasteiger partial charge in [0.1, 0.15) is 5.82 Å². The fraction of sp³-hybridized carbons (Fsp3) is 0.190. The lowest BCUT2D eigenvalue weighted by molar-refractivity contribution is 0.628. The largest absolute Gasteiger partial charge is 0.318 e. The molecule has 0 radical (unpaired) electrons. The van der Waals surface area contributed by atoms with Gasteiger partial charge in [0.2, 0.25) is 0 Å². The van der Waals surface area contributed by atoms with Gasteiger partial charge < -0.3 is 4.57 Å². The summed E-state index contributed by atoms with van der Waals surface area (Å²) in [4.78, 5) is 4.46. The number of nitrogens with zero attached hydrogens (tertiary/aromatic N) is 2. The molecule has 0 aliphatic rings. The van der Waals surface area contributed by atoms with Crippen molar-refractivity contribution in [2.75, 3.05) is 0 Å². The highest BCUT2D eigenvalue weighted by molar-refractivity contribution is 5.84. The first kappa shape index (κ1) is 16.2. The van der Waals surface area contributed by atoms with E-state index in [-0.39, 0.29) is 5.82 Å². The molecule has 3 heteroatoms. The fourth-order valence-corrected chi connectivity index (χ4v) is 2.99. The molecule has 24 heavy (non-hydrogen) atoms. The maximum atomic E-state index is 13.0. The van der Waals surface area contributed by atoms with Crippen molar-refractivity contribution >= 4 is 11.9 Å². The molecule has 3 aromatic rings.